The highest BCUT2D eigenvalue weighted by Crippen LogP contribution is 2.44. The maximum absolute atomic E-state index is 12.6. The molecule has 0 aromatic carbocycles. The van der Waals surface area contributed by atoms with Gasteiger partial charge < -0.3 is 14.6 Å². The van der Waals surface area contributed by atoms with E-state index in [2.05, 4.69) is 13.0 Å². The Hall–Kier alpha value is -1.20. The zero-order valence-electron chi connectivity index (χ0n) is 17.1. The van der Waals surface area contributed by atoms with Crippen molar-refractivity contribution >= 4 is 11.8 Å². The molecule has 2 aliphatic heterocycles. The van der Waals surface area contributed by atoms with Gasteiger partial charge in [-0.05, 0) is 38.2 Å². The second-order valence-corrected chi connectivity index (χ2v) is 8.67. The van der Waals surface area contributed by atoms with Crippen LogP contribution in [-0.2, 0) is 19.1 Å². The van der Waals surface area contributed by atoms with Crippen LogP contribution in [0.3, 0.4) is 0 Å². The third-order valence-corrected chi connectivity index (χ3v) is 6.02. The monoisotopic (exact) mass is 380 g/mol. The van der Waals surface area contributed by atoms with Crippen LogP contribution in [-0.4, -0.2) is 42.3 Å². The highest BCUT2D eigenvalue weighted by Gasteiger charge is 2.47. The Labute approximate surface area is 163 Å². The number of aliphatic carboxylic acids is 1. The molecule has 1 N–H and O–H groups in total. The molecular weight excluding hydrogens is 344 g/mol. The number of ether oxygens (including phenoxy) is 2. The molecular formula is C22H36O5. The predicted molar refractivity (Wildman–Crippen MR) is 105 cm³/mol. The first-order chi connectivity index (χ1) is 12.8. The molecule has 2 rings (SSSR count). The minimum atomic E-state index is -0.756. The van der Waals surface area contributed by atoms with Gasteiger partial charge in [-0.15, -0.1) is 0 Å². The SMILES string of the molecule is CCCCC(C)(C)C(=O)/C=C/[C@H]1[C@@H](COCCCCC(=O)O)[C@H]2CC[C@@H]1O2. The van der Waals surface area contributed by atoms with Gasteiger partial charge in [0.25, 0.3) is 0 Å². The first-order valence-electron chi connectivity index (χ1n) is 10.5. The molecule has 2 bridgehead atoms. The second-order valence-electron chi connectivity index (χ2n) is 8.67. The van der Waals surface area contributed by atoms with Crippen molar-refractivity contribution in [2.75, 3.05) is 13.2 Å². The summed E-state index contributed by atoms with van der Waals surface area (Å²) in [7, 11) is 0. The first-order valence-corrected chi connectivity index (χ1v) is 10.5. The van der Waals surface area contributed by atoms with Gasteiger partial charge >= 0.3 is 5.97 Å². The van der Waals surface area contributed by atoms with E-state index in [0.29, 0.717) is 25.6 Å². The summed E-state index contributed by atoms with van der Waals surface area (Å²) in [4.78, 5) is 23.2. The topological polar surface area (TPSA) is 72.8 Å². The maximum atomic E-state index is 12.6. The summed E-state index contributed by atoms with van der Waals surface area (Å²) in [6.07, 6.45) is 11.1. The molecule has 2 fully saturated rings. The van der Waals surface area contributed by atoms with Crippen molar-refractivity contribution in [1.82, 2.24) is 0 Å². The van der Waals surface area contributed by atoms with E-state index in [1.807, 2.05) is 13.8 Å². The van der Waals surface area contributed by atoms with Crippen LogP contribution in [0.15, 0.2) is 12.2 Å². The average molecular weight is 381 g/mol. The third-order valence-electron chi connectivity index (χ3n) is 6.02. The normalized spacial score (nSPS) is 27.5. The van der Waals surface area contributed by atoms with Crippen molar-refractivity contribution < 1.29 is 24.2 Å². The third kappa shape index (κ3) is 6.42. The molecule has 154 valence electrons. The number of ketones is 1. The number of carbonyl (C=O) groups excluding carboxylic acids is 1. The standard InChI is InChI=1S/C22H36O5/c1-4-5-13-22(2,3)20(23)12-9-16-17(19-11-10-18(16)27-19)15-26-14-7-6-8-21(24)25/h9,12,16-19H,4-8,10-11,13-15H2,1-3H3,(H,24,25)/b12-9+/t16-,17+,18-,19+/m0/s1. The average Bonchev–Trinajstić information content (AvgIpc) is 3.22. The fourth-order valence-corrected chi connectivity index (χ4v) is 4.16. The van der Waals surface area contributed by atoms with Crippen LogP contribution in [0, 0.1) is 17.3 Å². The van der Waals surface area contributed by atoms with E-state index in [1.54, 1.807) is 6.08 Å². The molecule has 4 atom stereocenters. The van der Waals surface area contributed by atoms with Gasteiger partial charge in [0, 0.05) is 30.3 Å². The number of rotatable bonds is 13. The lowest BCUT2D eigenvalue weighted by Gasteiger charge is -2.26. The Balaban J connectivity index is 1.83. The molecule has 0 aromatic heterocycles. The number of carbonyl (C=O) groups is 2. The summed E-state index contributed by atoms with van der Waals surface area (Å²) in [6, 6.07) is 0. The molecule has 5 heteroatoms. The smallest absolute Gasteiger partial charge is 0.303 e. The van der Waals surface area contributed by atoms with Crippen molar-refractivity contribution in [2.45, 2.75) is 84.3 Å². The number of carboxylic acid groups (broad SMARTS) is 1. The number of allylic oxidation sites excluding steroid dienone is 1. The molecule has 0 radical (unpaired) electrons. The van der Waals surface area contributed by atoms with E-state index in [1.165, 1.54) is 0 Å². The van der Waals surface area contributed by atoms with Crippen LogP contribution < -0.4 is 0 Å². The fourth-order valence-electron chi connectivity index (χ4n) is 4.16. The molecule has 2 aliphatic rings. The van der Waals surface area contributed by atoms with E-state index in [0.717, 1.165) is 38.5 Å². The van der Waals surface area contributed by atoms with Crippen LogP contribution >= 0.6 is 0 Å². The van der Waals surface area contributed by atoms with Crippen molar-refractivity contribution in [1.29, 1.82) is 0 Å². The lowest BCUT2D eigenvalue weighted by Crippen LogP contribution is -2.30. The number of hydrogen-bond acceptors (Lipinski definition) is 4. The van der Waals surface area contributed by atoms with Crippen molar-refractivity contribution in [3.63, 3.8) is 0 Å². The number of carboxylic acids is 1. The molecule has 0 saturated carbocycles. The van der Waals surface area contributed by atoms with E-state index < -0.39 is 5.97 Å². The Bertz CT molecular complexity index is 525. The molecule has 0 spiro atoms. The summed E-state index contributed by atoms with van der Waals surface area (Å²) < 4.78 is 11.9. The summed E-state index contributed by atoms with van der Waals surface area (Å²) in [5.41, 5.74) is -0.304. The number of hydrogen-bond donors (Lipinski definition) is 1. The summed E-state index contributed by atoms with van der Waals surface area (Å²) >= 11 is 0. The maximum Gasteiger partial charge on any atom is 0.303 e. The molecule has 0 unspecified atom stereocenters. The number of fused-ring (bicyclic) bond motifs is 2. The Kier molecular flexibility index (Phi) is 8.49. The van der Waals surface area contributed by atoms with Gasteiger partial charge in [0.2, 0.25) is 0 Å². The quantitative estimate of drug-likeness (QED) is 0.379. The zero-order chi connectivity index (χ0) is 19.9. The van der Waals surface area contributed by atoms with E-state index in [-0.39, 0.29) is 35.7 Å². The zero-order valence-corrected chi connectivity index (χ0v) is 17.1. The Morgan fingerprint density at radius 1 is 1.19 bits per heavy atom. The van der Waals surface area contributed by atoms with Crippen LogP contribution in [0.1, 0.15) is 72.1 Å². The number of unbranched alkanes of at least 4 members (excludes halogenated alkanes) is 2. The fraction of sp³-hybridized carbons (Fsp3) is 0.818. The minimum absolute atomic E-state index is 0.196. The summed E-state index contributed by atoms with van der Waals surface area (Å²) in [6.45, 7) is 7.42. The van der Waals surface area contributed by atoms with Gasteiger partial charge in [0.05, 0.1) is 18.8 Å². The van der Waals surface area contributed by atoms with Gasteiger partial charge in [-0.1, -0.05) is 39.7 Å². The summed E-state index contributed by atoms with van der Waals surface area (Å²) in [5, 5.41) is 8.67. The first kappa shape index (κ1) is 22.1. The van der Waals surface area contributed by atoms with Crippen molar-refractivity contribution in [3.05, 3.63) is 12.2 Å². The molecule has 0 amide bonds. The molecule has 27 heavy (non-hydrogen) atoms. The molecule has 5 nitrogen and oxygen atoms in total. The Morgan fingerprint density at radius 3 is 2.63 bits per heavy atom. The van der Waals surface area contributed by atoms with E-state index in [9.17, 15) is 9.59 Å². The van der Waals surface area contributed by atoms with Crippen LogP contribution in [0.25, 0.3) is 0 Å². The predicted octanol–water partition coefficient (Wildman–Crippen LogP) is 4.39. The van der Waals surface area contributed by atoms with Gasteiger partial charge in [-0.3, -0.25) is 9.59 Å². The van der Waals surface area contributed by atoms with Crippen LogP contribution in [0.5, 0.6) is 0 Å². The molecule has 0 aromatic rings. The van der Waals surface area contributed by atoms with Crippen molar-refractivity contribution in [3.8, 4) is 0 Å². The highest BCUT2D eigenvalue weighted by molar-refractivity contribution is 5.94. The lowest BCUT2D eigenvalue weighted by molar-refractivity contribution is -0.137. The molecule has 2 heterocycles. The highest BCUT2D eigenvalue weighted by atomic mass is 16.5. The van der Waals surface area contributed by atoms with Gasteiger partial charge in [0.15, 0.2) is 5.78 Å². The Morgan fingerprint density at radius 2 is 1.93 bits per heavy atom. The molecule has 2 saturated heterocycles. The second kappa shape index (κ2) is 10.4. The largest absolute Gasteiger partial charge is 0.481 e. The van der Waals surface area contributed by atoms with Crippen LogP contribution in [0.2, 0.25) is 0 Å². The minimum Gasteiger partial charge on any atom is -0.481 e. The van der Waals surface area contributed by atoms with Gasteiger partial charge in [-0.2, -0.15) is 0 Å². The van der Waals surface area contributed by atoms with E-state index >= 15 is 0 Å². The van der Waals surface area contributed by atoms with Crippen LogP contribution in [0.4, 0.5) is 0 Å². The molecule has 0 aliphatic carbocycles. The van der Waals surface area contributed by atoms with Crippen molar-refractivity contribution in [2.24, 2.45) is 17.3 Å². The van der Waals surface area contributed by atoms with Gasteiger partial charge in [0.1, 0.15) is 0 Å². The summed E-state index contributed by atoms with van der Waals surface area (Å²) in [5.74, 6) is -0.0139. The lowest BCUT2D eigenvalue weighted by atomic mass is 9.78. The van der Waals surface area contributed by atoms with E-state index in [4.69, 9.17) is 14.6 Å². The van der Waals surface area contributed by atoms with Gasteiger partial charge in [-0.25, -0.2) is 0 Å².